The molecular formula is C10H19NO3S. The van der Waals surface area contributed by atoms with E-state index in [4.69, 9.17) is 5.11 Å². The molecule has 2 fully saturated rings. The van der Waals surface area contributed by atoms with Crippen molar-refractivity contribution in [3.63, 3.8) is 0 Å². The lowest BCUT2D eigenvalue weighted by atomic mass is 10.2. The second-order valence-corrected chi connectivity index (χ2v) is 6.68. The Hall–Kier alpha value is -0.130. The maximum Gasteiger partial charge on any atom is 0.217 e. The Balaban J connectivity index is 2.10. The van der Waals surface area contributed by atoms with Crippen LogP contribution in [0.5, 0.6) is 0 Å². The molecule has 88 valence electrons. The van der Waals surface area contributed by atoms with Crippen LogP contribution in [0.1, 0.15) is 38.5 Å². The van der Waals surface area contributed by atoms with Gasteiger partial charge < -0.3 is 5.11 Å². The van der Waals surface area contributed by atoms with Gasteiger partial charge in [-0.25, -0.2) is 8.42 Å². The largest absolute Gasteiger partial charge is 0.395 e. The van der Waals surface area contributed by atoms with Crippen molar-refractivity contribution < 1.29 is 13.5 Å². The van der Waals surface area contributed by atoms with Crippen LogP contribution in [0, 0.1) is 0 Å². The number of aliphatic hydroxyl groups excluding tert-OH is 1. The number of hydrogen-bond acceptors (Lipinski definition) is 3. The van der Waals surface area contributed by atoms with Gasteiger partial charge in [0.15, 0.2) is 0 Å². The van der Waals surface area contributed by atoms with Crippen molar-refractivity contribution in [2.24, 2.45) is 0 Å². The van der Waals surface area contributed by atoms with Crippen molar-refractivity contribution >= 4 is 10.0 Å². The molecule has 0 saturated heterocycles. The van der Waals surface area contributed by atoms with E-state index in [0.717, 1.165) is 38.5 Å². The molecule has 0 aromatic carbocycles. The van der Waals surface area contributed by atoms with Gasteiger partial charge in [0.2, 0.25) is 10.0 Å². The Kier molecular flexibility index (Phi) is 3.33. The molecule has 0 aromatic rings. The lowest BCUT2D eigenvalue weighted by molar-refractivity contribution is 0.226. The Morgan fingerprint density at radius 1 is 1.13 bits per heavy atom. The van der Waals surface area contributed by atoms with Crippen LogP contribution in [0.15, 0.2) is 0 Å². The van der Waals surface area contributed by atoms with Gasteiger partial charge in [-0.05, 0) is 25.7 Å². The van der Waals surface area contributed by atoms with Gasteiger partial charge in [0.1, 0.15) is 0 Å². The highest BCUT2D eigenvalue weighted by Crippen LogP contribution is 2.35. The first-order chi connectivity index (χ1) is 7.16. The molecule has 0 heterocycles. The van der Waals surface area contributed by atoms with E-state index in [-0.39, 0.29) is 24.4 Å². The average Bonchev–Trinajstić information content (AvgIpc) is 2.93. The predicted molar refractivity (Wildman–Crippen MR) is 58.0 cm³/mol. The minimum Gasteiger partial charge on any atom is -0.395 e. The van der Waals surface area contributed by atoms with Crippen LogP contribution in [0.3, 0.4) is 0 Å². The second kappa shape index (κ2) is 4.39. The zero-order valence-corrected chi connectivity index (χ0v) is 9.75. The summed E-state index contributed by atoms with van der Waals surface area (Å²) in [6.07, 6.45) is 5.77. The van der Waals surface area contributed by atoms with Crippen LogP contribution in [-0.4, -0.2) is 42.3 Å². The average molecular weight is 233 g/mol. The molecular weight excluding hydrogens is 214 g/mol. The van der Waals surface area contributed by atoms with E-state index in [1.54, 1.807) is 4.31 Å². The SMILES string of the molecule is O=S(=O)(C1CC1)N(CCO)C1CCCC1. The van der Waals surface area contributed by atoms with Crippen LogP contribution in [0.25, 0.3) is 0 Å². The third-order valence-corrected chi connectivity index (χ3v) is 5.77. The molecule has 0 aromatic heterocycles. The molecule has 1 N–H and O–H groups in total. The highest BCUT2D eigenvalue weighted by molar-refractivity contribution is 7.90. The molecule has 5 heteroatoms. The molecule has 0 bridgehead atoms. The van der Waals surface area contributed by atoms with E-state index in [9.17, 15) is 8.42 Å². The number of nitrogens with zero attached hydrogens (tertiary/aromatic N) is 1. The first-order valence-corrected chi connectivity index (χ1v) is 7.28. The number of aliphatic hydroxyl groups is 1. The molecule has 0 unspecified atom stereocenters. The van der Waals surface area contributed by atoms with Gasteiger partial charge >= 0.3 is 0 Å². The third kappa shape index (κ3) is 2.34. The minimum absolute atomic E-state index is 0.0670. The summed E-state index contributed by atoms with van der Waals surface area (Å²) < 4.78 is 25.7. The van der Waals surface area contributed by atoms with E-state index in [0.29, 0.717) is 0 Å². The summed E-state index contributed by atoms with van der Waals surface area (Å²) >= 11 is 0. The van der Waals surface area contributed by atoms with Crippen molar-refractivity contribution in [2.75, 3.05) is 13.2 Å². The molecule has 0 atom stereocenters. The Labute approximate surface area is 91.3 Å². The molecule has 0 aliphatic heterocycles. The van der Waals surface area contributed by atoms with Gasteiger partial charge in [0, 0.05) is 12.6 Å². The standard InChI is InChI=1S/C10H19NO3S/c12-8-7-11(9-3-1-2-4-9)15(13,14)10-5-6-10/h9-10,12H,1-8H2. The molecule has 0 radical (unpaired) electrons. The van der Waals surface area contributed by atoms with Crippen LogP contribution in [0.2, 0.25) is 0 Å². The van der Waals surface area contributed by atoms with Crippen molar-refractivity contribution in [3.05, 3.63) is 0 Å². The topological polar surface area (TPSA) is 57.6 Å². The Morgan fingerprint density at radius 2 is 1.73 bits per heavy atom. The zero-order valence-electron chi connectivity index (χ0n) is 8.93. The van der Waals surface area contributed by atoms with E-state index in [1.807, 2.05) is 0 Å². The first kappa shape index (κ1) is 11.4. The first-order valence-electron chi connectivity index (χ1n) is 5.78. The summed E-state index contributed by atoms with van der Waals surface area (Å²) in [6, 6.07) is 0.155. The number of rotatable bonds is 5. The van der Waals surface area contributed by atoms with Crippen LogP contribution in [0.4, 0.5) is 0 Å². The van der Waals surface area contributed by atoms with Crippen molar-refractivity contribution in [2.45, 2.75) is 49.8 Å². The fourth-order valence-electron chi connectivity index (χ4n) is 2.37. The summed E-state index contributed by atoms with van der Waals surface area (Å²) in [5, 5.41) is 8.81. The lowest BCUT2D eigenvalue weighted by Gasteiger charge is -2.27. The summed E-state index contributed by atoms with van der Waals surface area (Å²) in [6.45, 7) is 0.214. The van der Waals surface area contributed by atoms with Crippen molar-refractivity contribution in [3.8, 4) is 0 Å². The van der Waals surface area contributed by atoms with Gasteiger partial charge in [0.05, 0.1) is 11.9 Å². The highest BCUT2D eigenvalue weighted by atomic mass is 32.2. The Morgan fingerprint density at radius 3 is 2.20 bits per heavy atom. The number of sulfonamides is 1. The molecule has 2 rings (SSSR count). The van der Waals surface area contributed by atoms with Crippen LogP contribution >= 0.6 is 0 Å². The normalized spacial score (nSPS) is 23.9. The van der Waals surface area contributed by atoms with Gasteiger partial charge in [-0.15, -0.1) is 0 Å². The van der Waals surface area contributed by atoms with Crippen LogP contribution < -0.4 is 0 Å². The summed E-state index contributed by atoms with van der Waals surface area (Å²) in [5.74, 6) is 0. The fraction of sp³-hybridized carbons (Fsp3) is 1.00. The van der Waals surface area contributed by atoms with Crippen molar-refractivity contribution in [1.29, 1.82) is 0 Å². The molecule has 15 heavy (non-hydrogen) atoms. The fourth-order valence-corrected chi connectivity index (χ4v) is 4.44. The maximum absolute atomic E-state index is 12.1. The molecule has 2 aliphatic rings. The summed E-state index contributed by atoms with van der Waals surface area (Å²) in [4.78, 5) is 0. The smallest absolute Gasteiger partial charge is 0.217 e. The predicted octanol–water partition coefficient (Wildman–Crippen LogP) is 0.715. The van der Waals surface area contributed by atoms with Crippen LogP contribution in [-0.2, 0) is 10.0 Å². The number of hydrogen-bond donors (Lipinski definition) is 1. The van der Waals surface area contributed by atoms with Gasteiger partial charge in [-0.2, -0.15) is 4.31 Å². The monoisotopic (exact) mass is 233 g/mol. The molecule has 4 nitrogen and oxygen atoms in total. The zero-order chi connectivity index (χ0) is 10.9. The Bertz CT molecular complexity index is 305. The second-order valence-electron chi connectivity index (χ2n) is 4.52. The highest BCUT2D eigenvalue weighted by Gasteiger charge is 2.42. The van der Waals surface area contributed by atoms with E-state index >= 15 is 0 Å². The molecule has 2 saturated carbocycles. The van der Waals surface area contributed by atoms with E-state index in [1.165, 1.54) is 0 Å². The summed E-state index contributed by atoms with van der Waals surface area (Å²) in [7, 11) is -3.10. The van der Waals surface area contributed by atoms with Gasteiger partial charge in [0.25, 0.3) is 0 Å². The third-order valence-electron chi connectivity index (χ3n) is 3.32. The minimum atomic E-state index is -3.10. The molecule has 0 spiro atoms. The van der Waals surface area contributed by atoms with E-state index in [2.05, 4.69) is 0 Å². The summed E-state index contributed by atoms with van der Waals surface area (Å²) in [5.41, 5.74) is 0. The quantitative estimate of drug-likeness (QED) is 0.761. The molecule has 0 amide bonds. The van der Waals surface area contributed by atoms with E-state index < -0.39 is 10.0 Å². The maximum atomic E-state index is 12.1. The molecule has 2 aliphatic carbocycles. The lowest BCUT2D eigenvalue weighted by Crippen LogP contribution is -2.42. The van der Waals surface area contributed by atoms with Gasteiger partial charge in [-0.1, -0.05) is 12.8 Å². The van der Waals surface area contributed by atoms with Gasteiger partial charge in [-0.3, -0.25) is 0 Å². The van der Waals surface area contributed by atoms with Crippen molar-refractivity contribution in [1.82, 2.24) is 4.31 Å².